The van der Waals surface area contributed by atoms with Crippen LogP contribution in [-0.2, 0) is 14.6 Å². The van der Waals surface area contributed by atoms with Crippen molar-refractivity contribution in [2.75, 3.05) is 18.1 Å². The van der Waals surface area contributed by atoms with Crippen molar-refractivity contribution in [3.05, 3.63) is 0 Å². The van der Waals surface area contributed by atoms with Gasteiger partial charge in [-0.3, -0.25) is 4.79 Å². The quantitative estimate of drug-likeness (QED) is 0.509. The molecule has 6 heteroatoms. The number of nitrogens with one attached hydrogen (secondary N) is 1. The Balaban J connectivity index is 2.68. The minimum atomic E-state index is -3.12. The van der Waals surface area contributed by atoms with Crippen molar-refractivity contribution in [2.24, 2.45) is 0 Å². The molecular weight excluding hydrogens is 170 g/mol. The Kier molecular flexibility index (Phi) is 2.15. The summed E-state index contributed by atoms with van der Waals surface area (Å²) in [6.07, 6.45) is 0. The third kappa shape index (κ3) is 2.16. The van der Waals surface area contributed by atoms with Crippen LogP contribution in [0.3, 0.4) is 0 Å². The number of hydrogen-bond acceptors (Lipinski definition) is 4. The van der Waals surface area contributed by atoms with Crippen molar-refractivity contribution >= 4 is 15.8 Å². The molecule has 0 radical (unpaired) electrons. The van der Waals surface area contributed by atoms with Gasteiger partial charge in [-0.1, -0.05) is 0 Å². The Morgan fingerprint density at radius 3 is 2.55 bits per heavy atom. The Bertz CT molecular complexity index is 258. The second-order valence-corrected chi connectivity index (χ2v) is 4.69. The third-order valence-electron chi connectivity index (χ3n) is 1.52. The molecule has 5 nitrogen and oxygen atoms in total. The Hall–Kier alpha value is -0.620. The van der Waals surface area contributed by atoms with Crippen LogP contribution in [0.4, 0.5) is 0 Å². The van der Waals surface area contributed by atoms with E-state index in [-0.39, 0.29) is 18.1 Å². The average molecular weight is 179 g/mol. The minimum absolute atomic E-state index is 0.0385. The van der Waals surface area contributed by atoms with Crippen LogP contribution < -0.4 is 5.32 Å². The van der Waals surface area contributed by atoms with Gasteiger partial charge in [-0.2, -0.15) is 0 Å². The summed E-state index contributed by atoms with van der Waals surface area (Å²) in [6.45, 7) is 0.235. The Labute approximate surface area is 64.3 Å². The van der Waals surface area contributed by atoms with Crippen LogP contribution in [0, 0.1) is 0 Å². The first-order chi connectivity index (χ1) is 5.01. The van der Waals surface area contributed by atoms with E-state index in [1.54, 1.807) is 0 Å². The number of carbonyl (C=O) groups is 1. The molecule has 1 fully saturated rings. The summed E-state index contributed by atoms with van der Waals surface area (Å²) in [4.78, 5) is 10.3. The van der Waals surface area contributed by atoms with Crippen molar-refractivity contribution in [1.82, 2.24) is 5.32 Å². The van der Waals surface area contributed by atoms with Gasteiger partial charge in [0.2, 0.25) is 0 Å². The van der Waals surface area contributed by atoms with Crippen LogP contribution in [0.15, 0.2) is 0 Å². The van der Waals surface area contributed by atoms with E-state index >= 15 is 0 Å². The lowest BCUT2D eigenvalue weighted by Gasteiger charge is -2.19. The molecular formula is C5H9NO4S. The SMILES string of the molecule is O=C(O)[C@H]1CS(=O)(=O)CCN1. The molecule has 1 saturated heterocycles. The molecule has 0 aromatic rings. The van der Waals surface area contributed by atoms with Crippen LogP contribution in [0.2, 0.25) is 0 Å². The molecule has 0 saturated carbocycles. The fourth-order valence-corrected chi connectivity index (χ4v) is 2.31. The highest BCUT2D eigenvalue weighted by Gasteiger charge is 2.28. The monoisotopic (exact) mass is 179 g/mol. The zero-order valence-corrected chi connectivity index (χ0v) is 6.60. The zero-order chi connectivity index (χ0) is 8.48. The molecule has 0 bridgehead atoms. The Morgan fingerprint density at radius 2 is 2.18 bits per heavy atom. The van der Waals surface area contributed by atoms with Crippen molar-refractivity contribution in [1.29, 1.82) is 0 Å². The molecule has 0 spiro atoms. The van der Waals surface area contributed by atoms with Crippen molar-refractivity contribution in [3.8, 4) is 0 Å². The second-order valence-electron chi connectivity index (χ2n) is 2.46. The smallest absolute Gasteiger partial charge is 0.321 e. The largest absolute Gasteiger partial charge is 0.480 e. The van der Waals surface area contributed by atoms with E-state index < -0.39 is 21.8 Å². The van der Waals surface area contributed by atoms with Crippen molar-refractivity contribution in [2.45, 2.75) is 6.04 Å². The fourth-order valence-electron chi connectivity index (χ4n) is 0.943. The lowest BCUT2D eigenvalue weighted by atomic mass is 10.3. The first-order valence-corrected chi connectivity index (χ1v) is 5.00. The molecule has 2 N–H and O–H groups in total. The van der Waals surface area contributed by atoms with Gasteiger partial charge in [-0.05, 0) is 0 Å². The highest BCUT2D eigenvalue weighted by Crippen LogP contribution is 2.00. The summed E-state index contributed by atoms with van der Waals surface area (Å²) in [7, 11) is -3.12. The molecule has 1 atom stereocenters. The maximum absolute atomic E-state index is 10.9. The average Bonchev–Trinajstić information content (AvgIpc) is 1.85. The fraction of sp³-hybridized carbons (Fsp3) is 0.800. The number of rotatable bonds is 1. The van der Waals surface area contributed by atoms with E-state index in [4.69, 9.17) is 5.11 Å². The van der Waals surface area contributed by atoms with Gasteiger partial charge in [0.25, 0.3) is 0 Å². The first-order valence-electron chi connectivity index (χ1n) is 3.18. The number of aliphatic carboxylic acids is 1. The van der Waals surface area contributed by atoms with Gasteiger partial charge >= 0.3 is 5.97 Å². The summed E-state index contributed by atoms with van der Waals surface area (Å²) >= 11 is 0. The molecule has 1 heterocycles. The highest BCUT2D eigenvalue weighted by molar-refractivity contribution is 7.91. The lowest BCUT2D eigenvalue weighted by molar-refractivity contribution is -0.138. The van der Waals surface area contributed by atoms with Gasteiger partial charge in [-0.25, -0.2) is 8.42 Å². The standard InChI is InChI=1S/C5H9NO4S/c7-5(8)4-3-11(9,10)2-1-6-4/h4,6H,1-3H2,(H,7,8)/t4-/m1/s1. The normalized spacial score (nSPS) is 29.6. The number of carboxylic acid groups (broad SMARTS) is 1. The van der Waals surface area contributed by atoms with Crippen LogP contribution in [0.1, 0.15) is 0 Å². The molecule has 0 aromatic carbocycles. The van der Waals surface area contributed by atoms with Gasteiger partial charge in [-0.15, -0.1) is 0 Å². The summed E-state index contributed by atoms with van der Waals surface area (Å²) in [6, 6.07) is -0.922. The van der Waals surface area contributed by atoms with E-state index in [0.717, 1.165) is 0 Å². The molecule has 1 aliphatic heterocycles. The lowest BCUT2D eigenvalue weighted by Crippen LogP contribution is -2.49. The van der Waals surface area contributed by atoms with Crippen LogP contribution >= 0.6 is 0 Å². The topological polar surface area (TPSA) is 83.5 Å². The molecule has 0 amide bonds. The third-order valence-corrected chi connectivity index (χ3v) is 3.19. The molecule has 1 rings (SSSR count). The van der Waals surface area contributed by atoms with Crippen molar-refractivity contribution < 1.29 is 18.3 Å². The molecule has 1 aliphatic rings. The Morgan fingerprint density at radius 1 is 1.55 bits per heavy atom. The summed E-state index contributed by atoms with van der Waals surface area (Å²) < 4.78 is 21.7. The number of carboxylic acids is 1. The second kappa shape index (κ2) is 2.78. The van der Waals surface area contributed by atoms with E-state index in [1.165, 1.54) is 0 Å². The summed E-state index contributed by atoms with van der Waals surface area (Å²) in [5.74, 6) is -1.35. The van der Waals surface area contributed by atoms with Gasteiger partial charge in [0.1, 0.15) is 6.04 Å². The van der Waals surface area contributed by atoms with Gasteiger partial charge in [0.05, 0.1) is 11.5 Å². The minimum Gasteiger partial charge on any atom is -0.480 e. The van der Waals surface area contributed by atoms with Crippen LogP contribution in [-0.4, -0.2) is 43.6 Å². The first kappa shape index (κ1) is 8.48. The van der Waals surface area contributed by atoms with E-state index in [2.05, 4.69) is 5.32 Å². The predicted octanol–water partition coefficient (Wildman–Crippen LogP) is -1.54. The summed E-state index contributed by atoms with van der Waals surface area (Å²) in [5.41, 5.74) is 0. The maximum Gasteiger partial charge on any atom is 0.321 e. The molecule has 0 unspecified atom stereocenters. The van der Waals surface area contributed by atoms with E-state index in [9.17, 15) is 13.2 Å². The summed E-state index contributed by atoms with van der Waals surface area (Å²) in [5, 5.41) is 11.0. The van der Waals surface area contributed by atoms with E-state index in [0.29, 0.717) is 0 Å². The van der Waals surface area contributed by atoms with E-state index in [1.807, 2.05) is 0 Å². The van der Waals surface area contributed by atoms with Gasteiger partial charge in [0, 0.05) is 6.54 Å². The maximum atomic E-state index is 10.9. The van der Waals surface area contributed by atoms with Crippen molar-refractivity contribution in [3.63, 3.8) is 0 Å². The molecule has 11 heavy (non-hydrogen) atoms. The van der Waals surface area contributed by atoms with Gasteiger partial charge in [0.15, 0.2) is 9.84 Å². The number of sulfone groups is 1. The molecule has 64 valence electrons. The van der Waals surface area contributed by atoms with Crippen LogP contribution in [0.25, 0.3) is 0 Å². The molecule has 0 aliphatic carbocycles. The van der Waals surface area contributed by atoms with Gasteiger partial charge < -0.3 is 10.4 Å². The molecule has 0 aromatic heterocycles. The number of hydrogen-bond donors (Lipinski definition) is 2. The zero-order valence-electron chi connectivity index (χ0n) is 5.78. The highest BCUT2D eigenvalue weighted by atomic mass is 32.2. The van der Waals surface area contributed by atoms with Crippen LogP contribution in [0.5, 0.6) is 0 Å². The predicted molar refractivity (Wildman–Crippen MR) is 38.1 cm³/mol.